The molecule has 0 amide bonds. The van der Waals surface area contributed by atoms with E-state index in [-0.39, 0.29) is 34.5 Å². The van der Waals surface area contributed by atoms with Crippen molar-refractivity contribution in [2.75, 3.05) is 6.54 Å². The predicted molar refractivity (Wildman–Crippen MR) is 46.6 cm³/mol. The molecule has 1 aromatic carbocycles. The molecule has 0 aliphatic rings. The molecule has 0 spiro atoms. The number of rotatable bonds is 4. The van der Waals surface area contributed by atoms with E-state index in [0.29, 0.717) is 0 Å². The molecular formula is C8H8NNaO4S. The van der Waals surface area contributed by atoms with Gasteiger partial charge in [0.15, 0.2) is 0 Å². The normalized spacial score (nSPS) is 10.4. The van der Waals surface area contributed by atoms with Crippen LogP contribution in [0.4, 0.5) is 0 Å². The number of hydrogen-bond donors (Lipinski definition) is 1. The summed E-state index contributed by atoms with van der Waals surface area (Å²) in [4.78, 5) is 10.1. The number of hydrogen-bond acceptors (Lipinski definition) is 4. The van der Waals surface area contributed by atoms with E-state index in [0.717, 1.165) is 0 Å². The second-order valence-electron chi connectivity index (χ2n) is 2.51. The number of carbonyl (C=O) groups is 1. The minimum absolute atomic E-state index is 0. The molecule has 0 aliphatic carbocycles. The maximum atomic E-state index is 11.3. The number of sulfonamides is 1. The molecule has 0 bridgehead atoms. The fourth-order valence-corrected chi connectivity index (χ4v) is 1.83. The van der Waals surface area contributed by atoms with E-state index < -0.39 is 22.5 Å². The van der Waals surface area contributed by atoms with E-state index >= 15 is 0 Å². The van der Waals surface area contributed by atoms with Crippen molar-refractivity contribution in [3.05, 3.63) is 30.3 Å². The quantitative estimate of drug-likeness (QED) is 0.537. The van der Waals surface area contributed by atoms with Crippen molar-refractivity contribution < 1.29 is 47.9 Å². The van der Waals surface area contributed by atoms with Gasteiger partial charge < -0.3 is 9.90 Å². The first-order valence-corrected chi connectivity index (χ1v) is 5.25. The van der Waals surface area contributed by atoms with Gasteiger partial charge in [-0.1, -0.05) is 18.2 Å². The van der Waals surface area contributed by atoms with Crippen LogP contribution in [0.15, 0.2) is 35.2 Å². The minimum atomic E-state index is -3.73. The van der Waals surface area contributed by atoms with Gasteiger partial charge in [-0.25, -0.2) is 13.1 Å². The summed E-state index contributed by atoms with van der Waals surface area (Å²) < 4.78 is 24.6. The molecule has 76 valence electrons. The molecule has 0 saturated carbocycles. The van der Waals surface area contributed by atoms with Crippen LogP contribution in [-0.4, -0.2) is 20.9 Å². The third-order valence-electron chi connectivity index (χ3n) is 1.46. The smallest absolute Gasteiger partial charge is 0.549 e. The predicted octanol–water partition coefficient (Wildman–Crippen LogP) is -4.28. The van der Waals surface area contributed by atoms with E-state index in [1.54, 1.807) is 18.2 Å². The van der Waals surface area contributed by atoms with Gasteiger partial charge in [0.05, 0.1) is 17.4 Å². The Morgan fingerprint density at radius 2 is 1.80 bits per heavy atom. The van der Waals surface area contributed by atoms with Crippen molar-refractivity contribution in [1.82, 2.24) is 4.72 Å². The SMILES string of the molecule is O=C([O-])CNS(=O)(=O)c1ccccc1.[Na+]. The fourth-order valence-electron chi connectivity index (χ4n) is 0.837. The molecule has 0 aromatic heterocycles. The van der Waals surface area contributed by atoms with Gasteiger partial charge >= 0.3 is 29.6 Å². The van der Waals surface area contributed by atoms with E-state index in [9.17, 15) is 18.3 Å². The topological polar surface area (TPSA) is 86.3 Å². The molecule has 0 atom stereocenters. The maximum Gasteiger partial charge on any atom is 1.00 e. The molecular weight excluding hydrogens is 229 g/mol. The van der Waals surface area contributed by atoms with Crippen molar-refractivity contribution in [2.45, 2.75) is 4.90 Å². The number of carboxylic acids is 1. The Morgan fingerprint density at radius 1 is 1.27 bits per heavy atom. The Bertz CT molecular complexity index is 418. The zero-order valence-electron chi connectivity index (χ0n) is 8.14. The summed E-state index contributed by atoms with van der Waals surface area (Å²) in [7, 11) is -3.73. The molecule has 15 heavy (non-hydrogen) atoms. The summed E-state index contributed by atoms with van der Waals surface area (Å²) in [5.74, 6) is -1.47. The average molecular weight is 237 g/mol. The van der Waals surface area contributed by atoms with Crippen molar-refractivity contribution in [3.8, 4) is 0 Å². The van der Waals surface area contributed by atoms with Gasteiger partial charge in [-0.05, 0) is 12.1 Å². The molecule has 0 radical (unpaired) electrons. The Balaban J connectivity index is 0.00000196. The zero-order valence-corrected chi connectivity index (χ0v) is 11.0. The number of aliphatic carboxylic acids is 1. The van der Waals surface area contributed by atoms with Gasteiger partial charge in [0.1, 0.15) is 0 Å². The van der Waals surface area contributed by atoms with E-state index in [4.69, 9.17) is 0 Å². The number of benzene rings is 1. The van der Waals surface area contributed by atoms with Gasteiger partial charge in [0, 0.05) is 0 Å². The average Bonchev–Trinajstić information content (AvgIpc) is 2.16. The molecule has 0 unspecified atom stereocenters. The Hall–Kier alpha value is -0.400. The van der Waals surface area contributed by atoms with Crippen molar-refractivity contribution >= 4 is 16.0 Å². The summed E-state index contributed by atoms with van der Waals surface area (Å²) in [6.07, 6.45) is 0. The summed E-state index contributed by atoms with van der Waals surface area (Å²) in [5.41, 5.74) is 0. The van der Waals surface area contributed by atoms with Crippen LogP contribution in [0.3, 0.4) is 0 Å². The van der Waals surface area contributed by atoms with Crippen LogP contribution in [-0.2, 0) is 14.8 Å². The Labute approximate surface area is 110 Å². The van der Waals surface area contributed by atoms with Crippen molar-refractivity contribution in [3.63, 3.8) is 0 Å². The maximum absolute atomic E-state index is 11.3. The first kappa shape index (κ1) is 14.6. The molecule has 5 nitrogen and oxygen atoms in total. The van der Waals surface area contributed by atoms with Crippen LogP contribution in [0.25, 0.3) is 0 Å². The fraction of sp³-hybridized carbons (Fsp3) is 0.125. The summed E-state index contributed by atoms with van der Waals surface area (Å²) in [6, 6.07) is 7.51. The number of carboxylic acid groups (broad SMARTS) is 1. The van der Waals surface area contributed by atoms with Gasteiger partial charge in [-0.2, -0.15) is 0 Å². The van der Waals surface area contributed by atoms with Crippen LogP contribution in [0.1, 0.15) is 0 Å². The standard InChI is InChI=1S/C8H9NO4S.Na/c10-8(11)6-9-14(12,13)7-4-2-1-3-5-7;/h1-5,9H,6H2,(H,10,11);/q;+1/p-1. The van der Waals surface area contributed by atoms with E-state index in [2.05, 4.69) is 0 Å². The van der Waals surface area contributed by atoms with Crippen LogP contribution < -0.4 is 39.4 Å². The summed E-state index contributed by atoms with van der Waals surface area (Å²) >= 11 is 0. The minimum Gasteiger partial charge on any atom is -0.549 e. The van der Waals surface area contributed by atoms with Gasteiger partial charge in [0.25, 0.3) is 0 Å². The summed E-state index contributed by atoms with van der Waals surface area (Å²) in [6.45, 7) is -0.725. The number of nitrogens with one attached hydrogen (secondary N) is 1. The largest absolute Gasteiger partial charge is 1.00 e. The second kappa shape index (κ2) is 6.24. The number of carbonyl (C=O) groups excluding carboxylic acids is 1. The first-order valence-electron chi connectivity index (χ1n) is 3.77. The van der Waals surface area contributed by atoms with Gasteiger partial charge in [-0.15, -0.1) is 0 Å². The van der Waals surface area contributed by atoms with Gasteiger partial charge in [0.2, 0.25) is 10.0 Å². The molecule has 7 heteroatoms. The summed E-state index contributed by atoms with van der Waals surface area (Å²) in [5, 5.41) is 10.0. The van der Waals surface area contributed by atoms with Crippen molar-refractivity contribution in [2.24, 2.45) is 0 Å². The first-order chi connectivity index (χ1) is 6.52. The zero-order chi connectivity index (χ0) is 10.6. The Morgan fingerprint density at radius 3 is 2.27 bits per heavy atom. The molecule has 0 aliphatic heterocycles. The molecule has 0 heterocycles. The van der Waals surface area contributed by atoms with E-state index in [1.165, 1.54) is 12.1 Å². The molecule has 0 fully saturated rings. The van der Waals surface area contributed by atoms with Crippen LogP contribution >= 0.6 is 0 Å². The van der Waals surface area contributed by atoms with Crippen LogP contribution in [0.5, 0.6) is 0 Å². The Kier molecular flexibility index (Phi) is 6.07. The van der Waals surface area contributed by atoms with Crippen molar-refractivity contribution in [1.29, 1.82) is 0 Å². The van der Waals surface area contributed by atoms with Crippen LogP contribution in [0, 0.1) is 0 Å². The second-order valence-corrected chi connectivity index (χ2v) is 4.28. The van der Waals surface area contributed by atoms with E-state index in [1.807, 2.05) is 4.72 Å². The third kappa shape index (κ3) is 4.76. The molecule has 1 N–H and O–H groups in total. The third-order valence-corrected chi connectivity index (χ3v) is 2.88. The molecule has 0 saturated heterocycles. The monoisotopic (exact) mass is 237 g/mol. The molecule has 1 aromatic rings. The van der Waals surface area contributed by atoms with Crippen LogP contribution in [0.2, 0.25) is 0 Å². The van der Waals surface area contributed by atoms with Gasteiger partial charge in [-0.3, -0.25) is 0 Å². The molecule has 1 rings (SSSR count).